The number of hydrogen-bond donors (Lipinski definition) is 0. The third-order valence-electron chi connectivity index (χ3n) is 2.51. The van der Waals surface area contributed by atoms with Gasteiger partial charge in [0.15, 0.2) is 11.5 Å². The van der Waals surface area contributed by atoms with E-state index in [1.807, 2.05) is 36.6 Å². The van der Waals surface area contributed by atoms with E-state index in [2.05, 4.69) is 15.9 Å². The molecule has 0 radical (unpaired) electrons. The molecular formula is C14H14BrClO2S. The van der Waals surface area contributed by atoms with E-state index >= 15 is 0 Å². The van der Waals surface area contributed by atoms with E-state index in [9.17, 15) is 0 Å². The van der Waals surface area contributed by atoms with Gasteiger partial charge in [-0.1, -0.05) is 6.07 Å². The molecule has 0 aliphatic carbocycles. The molecule has 19 heavy (non-hydrogen) atoms. The first-order valence-corrected chi connectivity index (χ1v) is 8.11. The maximum atomic E-state index is 5.83. The highest BCUT2D eigenvalue weighted by molar-refractivity contribution is 9.10. The lowest BCUT2D eigenvalue weighted by Crippen LogP contribution is -1.99. The summed E-state index contributed by atoms with van der Waals surface area (Å²) in [5.41, 5.74) is 1.02. The zero-order valence-electron chi connectivity index (χ0n) is 10.5. The van der Waals surface area contributed by atoms with Crippen LogP contribution in [0.1, 0.15) is 17.4 Å². The van der Waals surface area contributed by atoms with Gasteiger partial charge in [-0.3, -0.25) is 0 Å². The van der Waals surface area contributed by atoms with Crippen molar-refractivity contribution < 1.29 is 9.47 Å². The van der Waals surface area contributed by atoms with Crippen LogP contribution in [0.15, 0.2) is 34.1 Å². The van der Waals surface area contributed by atoms with E-state index in [0.717, 1.165) is 26.4 Å². The summed E-state index contributed by atoms with van der Waals surface area (Å²) in [6, 6.07) is 7.80. The lowest BCUT2D eigenvalue weighted by atomic mass is 10.2. The molecule has 1 heterocycles. The van der Waals surface area contributed by atoms with Crippen molar-refractivity contribution in [2.75, 3.05) is 6.61 Å². The highest BCUT2D eigenvalue weighted by Gasteiger charge is 2.08. The molecular weight excluding hydrogens is 348 g/mol. The van der Waals surface area contributed by atoms with E-state index in [0.29, 0.717) is 19.1 Å². The number of thiophene rings is 1. The van der Waals surface area contributed by atoms with Gasteiger partial charge in [0.25, 0.3) is 0 Å². The fourth-order valence-electron chi connectivity index (χ4n) is 1.59. The second-order valence-corrected chi connectivity index (χ2v) is 5.95. The number of hydrogen-bond acceptors (Lipinski definition) is 3. The molecule has 0 N–H and O–H groups in total. The summed E-state index contributed by atoms with van der Waals surface area (Å²) in [6.07, 6.45) is 0. The Balaban J connectivity index is 2.12. The summed E-state index contributed by atoms with van der Waals surface area (Å²) in [5.74, 6) is 1.96. The predicted molar refractivity (Wildman–Crippen MR) is 83.5 cm³/mol. The van der Waals surface area contributed by atoms with Crippen LogP contribution in [-0.4, -0.2) is 6.61 Å². The van der Waals surface area contributed by atoms with Crippen molar-refractivity contribution in [2.24, 2.45) is 0 Å². The molecule has 0 saturated heterocycles. The van der Waals surface area contributed by atoms with Crippen LogP contribution in [0.2, 0.25) is 0 Å². The zero-order valence-corrected chi connectivity index (χ0v) is 13.6. The van der Waals surface area contributed by atoms with Gasteiger partial charge in [0.05, 0.1) is 11.5 Å². The number of ether oxygens (including phenoxy) is 2. The maximum Gasteiger partial charge on any atom is 0.161 e. The predicted octanol–water partition coefficient (Wildman–Crippen LogP) is 5.23. The van der Waals surface area contributed by atoms with Gasteiger partial charge < -0.3 is 9.47 Å². The first kappa shape index (κ1) is 14.7. The van der Waals surface area contributed by atoms with Crippen molar-refractivity contribution in [1.82, 2.24) is 0 Å². The Morgan fingerprint density at radius 3 is 2.68 bits per heavy atom. The smallest absolute Gasteiger partial charge is 0.161 e. The van der Waals surface area contributed by atoms with E-state index in [1.54, 1.807) is 11.3 Å². The van der Waals surface area contributed by atoms with Crippen LogP contribution in [-0.2, 0) is 12.5 Å². The lowest BCUT2D eigenvalue weighted by Gasteiger charge is -2.12. The minimum atomic E-state index is 0.469. The SMILES string of the molecule is CCOc1cc(CCl)ccc1OCc1sccc1Br. The van der Waals surface area contributed by atoms with Crippen molar-refractivity contribution >= 4 is 38.9 Å². The van der Waals surface area contributed by atoms with E-state index in [1.165, 1.54) is 0 Å². The lowest BCUT2D eigenvalue weighted by molar-refractivity contribution is 0.271. The second-order valence-electron chi connectivity index (χ2n) is 3.83. The molecule has 102 valence electrons. The van der Waals surface area contributed by atoms with E-state index in [4.69, 9.17) is 21.1 Å². The van der Waals surface area contributed by atoms with Crippen LogP contribution in [0.3, 0.4) is 0 Å². The summed E-state index contributed by atoms with van der Waals surface area (Å²) < 4.78 is 12.5. The summed E-state index contributed by atoms with van der Waals surface area (Å²) in [5, 5.41) is 2.03. The summed E-state index contributed by atoms with van der Waals surface area (Å²) in [4.78, 5) is 1.16. The van der Waals surface area contributed by atoms with Crippen LogP contribution in [0.5, 0.6) is 11.5 Å². The van der Waals surface area contributed by atoms with Crippen molar-refractivity contribution in [3.63, 3.8) is 0 Å². The number of benzene rings is 1. The van der Waals surface area contributed by atoms with Gasteiger partial charge in [0, 0.05) is 10.4 Å². The summed E-state index contributed by atoms with van der Waals surface area (Å²) in [7, 11) is 0. The molecule has 0 unspecified atom stereocenters. The number of rotatable bonds is 6. The highest BCUT2D eigenvalue weighted by Crippen LogP contribution is 2.31. The fraction of sp³-hybridized carbons (Fsp3) is 0.286. The van der Waals surface area contributed by atoms with Gasteiger partial charge in [-0.05, 0) is 52.0 Å². The number of alkyl halides is 1. The van der Waals surface area contributed by atoms with Gasteiger partial charge in [-0.25, -0.2) is 0 Å². The summed E-state index contributed by atoms with van der Waals surface area (Å²) in [6.45, 7) is 3.08. The first-order valence-electron chi connectivity index (χ1n) is 5.91. The quantitative estimate of drug-likeness (QED) is 0.656. The third kappa shape index (κ3) is 3.88. The molecule has 0 atom stereocenters. The molecule has 2 aromatic rings. The Morgan fingerprint density at radius 2 is 2.05 bits per heavy atom. The molecule has 2 nitrogen and oxygen atoms in total. The maximum absolute atomic E-state index is 5.83. The first-order chi connectivity index (χ1) is 9.24. The molecule has 0 aliphatic rings. The van der Waals surface area contributed by atoms with Crippen LogP contribution in [0.4, 0.5) is 0 Å². The van der Waals surface area contributed by atoms with Gasteiger partial charge in [-0.15, -0.1) is 22.9 Å². The van der Waals surface area contributed by atoms with Crippen molar-refractivity contribution in [3.05, 3.63) is 44.6 Å². The molecule has 1 aromatic heterocycles. The molecule has 0 saturated carbocycles. The van der Waals surface area contributed by atoms with Crippen molar-refractivity contribution in [2.45, 2.75) is 19.4 Å². The molecule has 5 heteroatoms. The average molecular weight is 362 g/mol. The largest absolute Gasteiger partial charge is 0.490 e. The third-order valence-corrected chi connectivity index (χ3v) is 4.72. The summed E-state index contributed by atoms with van der Waals surface area (Å²) >= 11 is 11.0. The Hall–Kier alpha value is -0.710. The highest BCUT2D eigenvalue weighted by atomic mass is 79.9. The van der Waals surface area contributed by atoms with Crippen LogP contribution >= 0.6 is 38.9 Å². The molecule has 0 fully saturated rings. The number of halogens is 2. The minimum absolute atomic E-state index is 0.469. The minimum Gasteiger partial charge on any atom is -0.490 e. The second kappa shape index (κ2) is 7.17. The topological polar surface area (TPSA) is 18.5 Å². The van der Waals surface area contributed by atoms with Crippen molar-refractivity contribution in [3.8, 4) is 11.5 Å². The average Bonchev–Trinajstić information content (AvgIpc) is 2.83. The molecule has 0 bridgehead atoms. The van der Waals surface area contributed by atoms with Crippen molar-refractivity contribution in [1.29, 1.82) is 0 Å². The normalized spacial score (nSPS) is 10.5. The van der Waals surface area contributed by atoms with Gasteiger partial charge in [0.1, 0.15) is 6.61 Å². The Kier molecular flexibility index (Phi) is 5.55. The van der Waals surface area contributed by atoms with Gasteiger partial charge in [-0.2, -0.15) is 0 Å². The van der Waals surface area contributed by atoms with Crippen LogP contribution in [0.25, 0.3) is 0 Å². The molecule has 0 amide bonds. The standard InChI is InChI=1S/C14H14BrClO2S/c1-2-17-13-7-10(8-16)3-4-12(13)18-9-14-11(15)5-6-19-14/h3-7H,2,8-9H2,1H3. The molecule has 2 rings (SSSR count). The van der Waals surface area contributed by atoms with E-state index < -0.39 is 0 Å². The fourth-order valence-corrected chi connectivity index (χ4v) is 3.14. The monoisotopic (exact) mass is 360 g/mol. The van der Waals surface area contributed by atoms with Gasteiger partial charge >= 0.3 is 0 Å². The van der Waals surface area contributed by atoms with E-state index in [-0.39, 0.29) is 0 Å². The molecule has 0 aliphatic heterocycles. The molecule has 1 aromatic carbocycles. The van der Waals surface area contributed by atoms with Crippen LogP contribution < -0.4 is 9.47 Å². The molecule has 0 spiro atoms. The Bertz CT molecular complexity index is 542. The Labute approximate surface area is 130 Å². The Morgan fingerprint density at radius 1 is 1.21 bits per heavy atom. The zero-order chi connectivity index (χ0) is 13.7. The van der Waals surface area contributed by atoms with Gasteiger partial charge in [0.2, 0.25) is 0 Å². The van der Waals surface area contributed by atoms with Crippen LogP contribution in [0, 0.1) is 0 Å².